The number of rotatable bonds is 2. The number of pyridine rings is 1. The Hall–Kier alpha value is -0.900. The first-order valence-corrected chi connectivity index (χ1v) is 3.13. The quantitative estimate of drug-likeness (QED) is 0.650. The fourth-order valence-electron chi connectivity index (χ4n) is 0.555. The maximum absolute atomic E-state index is 11.6. The summed E-state index contributed by atoms with van der Waals surface area (Å²) in [6.45, 7) is -2.86. The summed E-state index contributed by atoms with van der Waals surface area (Å²) in [5.41, 5.74) is 0. The number of hydrogen-bond acceptors (Lipinski definition) is 2. The summed E-state index contributed by atoms with van der Waals surface area (Å²) in [4.78, 5) is 3.54. The average Bonchev–Trinajstić information content (AvgIpc) is 1.93. The zero-order valence-electron chi connectivity index (χ0n) is 5.30. The van der Waals surface area contributed by atoms with Gasteiger partial charge < -0.3 is 4.74 Å². The van der Waals surface area contributed by atoms with Crippen molar-refractivity contribution in [2.45, 2.75) is 6.61 Å². The largest absolute Gasteiger partial charge is 0.432 e. The fourth-order valence-corrected chi connectivity index (χ4v) is 0.719. The number of hydrogen-bond donors (Lipinski definition) is 0. The first kappa shape index (κ1) is 8.20. The Morgan fingerprint density at radius 2 is 2.27 bits per heavy atom. The van der Waals surface area contributed by atoms with E-state index < -0.39 is 6.61 Å². The predicted octanol–water partition coefficient (Wildman–Crippen LogP) is 2.34. The maximum Gasteiger partial charge on any atom is 0.387 e. The van der Waals surface area contributed by atoms with Crippen LogP contribution in [0.5, 0.6) is 5.75 Å². The summed E-state index contributed by atoms with van der Waals surface area (Å²) in [6.07, 6.45) is 1.39. The number of aromatic nitrogens is 1. The molecule has 0 aliphatic heterocycles. The lowest BCUT2D eigenvalue weighted by Crippen LogP contribution is -2.02. The minimum absolute atomic E-state index is 0.0622. The molecule has 0 aliphatic carbocycles. The number of ether oxygens (including phenoxy) is 1. The van der Waals surface area contributed by atoms with E-state index in [-0.39, 0.29) is 10.9 Å². The zero-order valence-corrected chi connectivity index (χ0v) is 6.05. The second-order valence-electron chi connectivity index (χ2n) is 1.67. The maximum atomic E-state index is 11.6. The van der Waals surface area contributed by atoms with E-state index in [4.69, 9.17) is 11.6 Å². The molecule has 0 aromatic carbocycles. The van der Waals surface area contributed by atoms with Crippen molar-refractivity contribution in [2.75, 3.05) is 0 Å². The molecule has 0 atom stereocenters. The van der Waals surface area contributed by atoms with E-state index >= 15 is 0 Å². The molecule has 1 aromatic heterocycles. The van der Waals surface area contributed by atoms with E-state index in [0.29, 0.717) is 0 Å². The van der Waals surface area contributed by atoms with Crippen LogP contribution in [0.1, 0.15) is 0 Å². The lowest BCUT2D eigenvalue weighted by Gasteiger charge is -2.03. The molecule has 2 nitrogen and oxygen atoms in total. The molecule has 1 aromatic rings. The SMILES string of the molecule is FC(F)Oc1cccnc1Cl. The summed E-state index contributed by atoms with van der Waals surface area (Å²) in [6, 6.07) is 2.78. The van der Waals surface area contributed by atoms with Crippen molar-refractivity contribution in [3.63, 3.8) is 0 Å². The molecular weight excluding hydrogens is 176 g/mol. The van der Waals surface area contributed by atoms with E-state index in [1.54, 1.807) is 0 Å². The van der Waals surface area contributed by atoms with Crippen LogP contribution in [0, 0.1) is 0 Å². The Morgan fingerprint density at radius 3 is 2.82 bits per heavy atom. The van der Waals surface area contributed by atoms with Gasteiger partial charge in [0.05, 0.1) is 0 Å². The second kappa shape index (κ2) is 3.48. The van der Waals surface area contributed by atoms with Crippen molar-refractivity contribution in [1.82, 2.24) is 4.98 Å². The van der Waals surface area contributed by atoms with E-state index in [2.05, 4.69) is 9.72 Å². The van der Waals surface area contributed by atoms with Gasteiger partial charge in [0.1, 0.15) is 0 Å². The molecule has 11 heavy (non-hydrogen) atoms. The Labute approximate surface area is 66.8 Å². The molecular formula is C6H4ClF2NO. The second-order valence-corrected chi connectivity index (χ2v) is 2.03. The summed E-state index contributed by atoms with van der Waals surface area (Å²) < 4.78 is 27.2. The Morgan fingerprint density at radius 1 is 1.55 bits per heavy atom. The van der Waals surface area contributed by atoms with Crippen molar-refractivity contribution in [3.8, 4) is 5.75 Å². The van der Waals surface area contributed by atoms with Crippen molar-refractivity contribution in [3.05, 3.63) is 23.5 Å². The van der Waals surface area contributed by atoms with Crippen molar-refractivity contribution in [2.24, 2.45) is 0 Å². The van der Waals surface area contributed by atoms with Crippen LogP contribution in [-0.2, 0) is 0 Å². The lowest BCUT2D eigenvalue weighted by atomic mass is 10.5. The van der Waals surface area contributed by atoms with Gasteiger partial charge in [0.25, 0.3) is 0 Å². The molecule has 0 saturated heterocycles. The fraction of sp³-hybridized carbons (Fsp3) is 0.167. The number of halogens is 3. The Bertz CT molecular complexity index is 244. The molecule has 0 spiro atoms. The van der Waals surface area contributed by atoms with Crippen LogP contribution in [0.2, 0.25) is 5.15 Å². The highest BCUT2D eigenvalue weighted by Crippen LogP contribution is 2.21. The molecule has 1 rings (SSSR count). The van der Waals surface area contributed by atoms with Gasteiger partial charge in [0, 0.05) is 6.20 Å². The molecule has 0 aliphatic rings. The highest BCUT2D eigenvalue weighted by Gasteiger charge is 2.07. The summed E-state index contributed by atoms with van der Waals surface area (Å²) in [5, 5.41) is -0.0622. The van der Waals surface area contributed by atoms with Gasteiger partial charge >= 0.3 is 6.61 Å². The van der Waals surface area contributed by atoms with Gasteiger partial charge in [-0.2, -0.15) is 8.78 Å². The predicted molar refractivity (Wildman–Crippen MR) is 35.9 cm³/mol. The normalized spacial score (nSPS) is 10.2. The van der Waals surface area contributed by atoms with Gasteiger partial charge in [-0.05, 0) is 12.1 Å². The number of nitrogens with zero attached hydrogens (tertiary/aromatic N) is 1. The molecule has 0 radical (unpaired) electrons. The van der Waals surface area contributed by atoms with E-state index in [9.17, 15) is 8.78 Å². The van der Waals surface area contributed by atoms with Gasteiger partial charge in [-0.15, -0.1) is 0 Å². The summed E-state index contributed by atoms with van der Waals surface area (Å²) >= 11 is 5.40. The van der Waals surface area contributed by atoms with Crippen LogP contribution >= 0.6 is 11.6 Å². The first-order chi connectivity index (χ1) is 5.20. The van der Waals surface area contributed by atoms with Crippen LogP contribution < -0.4 is 4.74 Å². The highest BCUT2D eigenvalue weighted by molar-refractivity contribution is 6.30. The van der Waals surface area contributed by atoms with E-state index in [1.807, 2.05) is 0 Å². The van der Waals surface area contributed by atoms with Crippen LogP contribution in [-0.4, -0.2) is 11.6 Å². The van der Waals surface area contributed by atoms with E-state index in [0.717, 1.165) is 0 Å². The third-order valence-corrected chi connectivity index (χ3v) is 1.22. The standard InChI is InChI=1S/C6H4ClF2NO/c7-5-4(11-6(8)9)2-1-3-10-5/h1-3,6H. The third-order valence-electron chi connectivity index (χ3n) is 0.941. The topological polar surface area (TPSA) is 22.1 Å². The summed E-state index contributed by atoms with van der Waals surface area (Å²) in [5.74, 6) is -0.107. The Kier molecular flexibility index (Phi) is 2.59. The van der Waals surface area contributed by atoms with Gasteiger partial charge in [0.15, 0.2) is 10.9 Å². The molecule has 0 bridgehead atoms. The highest BCUT2D eigenvalue weighted by atomic mass is 35.5. The monoisotopic (exact) mass is 179 g/mol. The number of alkyl halides is 2. The van der Waals surface area contributed by atoms with Crippen LogP contribution in [0.25, 0.3) is 0 Å². The first-order valence-electron chi connectivity index (χ1n) is 2.75. The lowest BCUT2D eigenvalue weighted by molar-refractivity contribution is -0.0500. The molecule has 0 saturated carbocycles. The molecule has 5 heteroatoms. The minimum Gasteiger partial charge on any atom is -0.432 e. The average molecular weight is 180 g/mol. The molecule has 0 amide bonds. The van der Waals surface area contributed by atoms with E-state index in [1.165, 1.54) is 18.3 Å². The molecule has 60 valence electrons. The smallest absolute Gasteiger partial charge is 0.387 e. The van der Waals surface area contributed by atoms with Crippen molar-refractivity contribution >= 4 is 11.6 Å². The molecule has 0 unspecified atom stereocenters. The van der Waals surface area contributed by atoms with Gasteiger partial charge in [-0.25, -0.2) is 4.98 Å². The third kappa shape index (κ3) is 2.31. The van der Waals surface area contributed by atoms with Gasteiger partial charge in [0.2, 0.25) is 0 Å². The Balaban J connectivity index is 2.78. The van der Waals surface area contributed by atoms with Gasteiger partial charge in [-0.1, -0.05) is 11.6 Å². The zero-order chi connectivity index (χ0) is 8.27. The van der Waals surface area contributed by atoms with Crippen molar-refractivity contribution in [1.29, 1.82) is 0 Å². The van der Waals surface area contributed by atoms with Crippen LogP contribution in [0.15, 0.2) is 18.3 Å². The van der Waals surface area contributed by atoms with Crippen molar-refractivity contribution < 1.29 is 13.5 Å². The molecule has 0 N–H and O–H groups in total. The summed E-state index contributed by atoms with van der Waals surface area (Å²) in [7, 11) is 0. The van der Waals surface area contributed by atoms with Crippen LogP contribution in [0.4, 0.5) is 8.78 Å². The van der Waals surface area contributed by atoms with Gasteiger partial charge in [-0.3, -0.25) is 0 Å². The minimum atomic E-state index is -2.86. The van der Waals surface area contributed by atoms with Crippen LogP contribution in [0.3, 0.4) is 0 Å². The molecule has 0 fully saturated rings. The molecule has 1 heterocycles.